The minimum atomic E-state index is -0.743. The summed E-state index contributed by atoms with van der Waals surface area (Å²) in [5.74, 6) is -0.663. The lowest BCUT2D eigenvalue weighted by Gasteiger charge is -2.29. The van der Waals surface area contributed by atoms with Gasteiger partial charge in [0.05, 0.1) is 4.92 Å². The van der Waals surface area contributed by atoms with E-state index in [1.54, 1.807) is 13.0 Å². The normalized spacial score (nSPS) is 13.8. The fourth-order valence-corrected chi connectivity index (χ4v) is 4.12. The molecule has 0 spiro atoms. The molecule has 2 aromatic rings. The molecule has 0 radical (unpaired) electrons. The van der Waals surface area contributed by atoms with Crippen molar-refractivity contribution in [1.82, 2.24) is 9.55 Å². The minimum absolute atomic E-state index is 0.0329. The van der Waals surface area contributed by atoms with Crippen molar-refractivity contribution in [3.8, 4) is 5.75 Å². The number of rotatable bonds is 9. The zero-order valence-corrected chi connectivity index (χ0v) is 18.8. The zero-order valence-electron chi connectivity index (χ0n) is 18.8. The largest absolute Gasteiger partial charge is 0.477 e. The minimum Gasteiger partial charge on any atom is -0.477 e. The van der Waals surface area contributed by atoms with E-state index >= 15 is 0 Å². The Hall–Kier alpha value is -3.63. The molecule has 1 aromatic carbocycles. The Morgan fingerprint density at radius 3 is 2.67 bits per heavy atom. The molecule has 1 saturated carbocycles. The second-order valence-corrected chi connectivity index (χ2v) is 8.22. The van der Waals surface area contributed by atoms with Crippen LogP contribution in [0.5, 0.6) is 5.75 Å². The topological polar surface area (TPSA) is 154 Å². The summed E-state index contributed by atoms with van der Waals surface area (Å²) in [6.45, 7) is 3.50. The summed E-state index contributed by atoms with van der Waals surface area (Å²) in [4.78, 5) is 52.7. The van der Waals surface area contributed by atoms with Gasteiger partial charge in [-0.2, -0.15) is 0 Å². The van der Waals surface area contributed by atoms with Crippen molar-refractivity contribution in [1.29, 1.82) is 0 Å². The van der Waals surface area contributed by atoms with E-state index in [-0.39, 0.29) is 29.0 Å². The van der Waals surface area contributed by atoms with Crippen LogP contribution in [-0.2, 0) is 11.3 Å². The number of aromatic nitrogens is 2. The van der Waals surface area contributed by atoms with E-state index in [0.717, 1.165) is 24.8 Å². The molecule has 0 saturated heterocycles. The number of nitrogens with two attached hydrogens (primary N) is 1. The lowest BCUT2D eigenvalue weighted by Crippen LogP contribution is -2.47. The highest BCUT2D eigenvalue weighted by molar-refractivity contribution is 5.97. The number of hydrogen-bond donors (Lipinski definition) is 2. The smallest absolute Gasteiger partial charge is 0.330 e. The Bertz CT molecular complexity index is 1150. The number of nitrogen functional groups attached to an aromatic ring is 1. The van der Waals surface area contributed by atoms with Gasteiger partial charge >= 0.3 is 11.4 Å². The number of carbonyl (C=O) groups is 1. The number of ether oxygens (including phenoxy) is 1. The number of benzene rings is 1. The second kappa shape index (κ2) is 10.3. The third kappa shape index (κ3) is 5.24. The number of nitrogens with zero attached hydrogens (tertiary/aromatic N) is 3. The van der Waals surface area contributed by atoms with Gasteiger partial charge in [0, 0.05) is 18.7 Å². The van der Waals surface area contributed by atoms with Gasteiger partial charge in [0.1, 0.15) is 5.82 Å². The molecule has 3 rings (SSSR count). The number of H-pyrrole nitrogens is 1. The van der Waals surface area contributed by atoms with E-state index in [4.69, 9.17) is 10.5 Å². The summed E-state index contributed by atoms with van der Waals surface area (Å²) in [6.07, 6.45) is 4.59. The molecule has 1 aromatic heterocycles. The summed E-state index contributed by atoms with van der Waals surface area (Å²) in [5.41, 5.74) is 5.27. The lowest BCUT2D eigenvalue weighted by atomic mass is 10.2. The van der Waals surface area contributed by atoms with E-state index in [9.17, 15) is 24.5 Å². The maximum absolute atomic E-state index is 13.3. The number of aryl methyl sites for hydroxylation is 1. The van der Waals surface area contributed by atoms with Gasteiger partial charge in [-0.1, -0.05) is 32.3 Å². The van der Waals surface area contributed by atoms with Gasteiger partial charge in [0.25, 0.3) is 11.5 Å². The van der Waals surface area contributed by atoms with Crippen LogP contribution >= 0.6 is 0 Å². The number of amides is 1. The summed E-state index contributed by atoms with van der Waals surface area (Å²) in [5, 5.41) is 11.3. The first-order valence-corrected chi connectivity index (χ1v) is 11.1. The van der Waals surface area contributed by atoms with Crippen molar-refractivity contribution in [2.45, 2.75) is 65.0 Å². The number of nitro benzene ring substituents is 1. The fraction of sp³-hybridized carbons (Fsp3) is 0.500. The number of nitro groups is 1. The summed E-state index contributed by atoms with van der Waals surface area (Å²) < 4.78 is 6.81. The van der Waals surface area contributed by atoms with Crippen molar-refractivity contribution in [2.24, 2.45) is 0 Å². The van der Waals surface area contributed by atoms with Gasteiger partial charge in [0.15, 0.2) is 18.0 Å². The summed E-state index contributed by atoms with van der Waals surface area (Å²) >= 11 is 0. The van der Waals surface area contributed by atoms with Crippen molar-refractivity contribution in [3.63, 3.8) is 0 Å². The number of carbonyl (C=O) groups excluding carboxylic acids is 1. The van der Waals surface area contributed by atoms with Crippen molar-refractivity contribution in [3.05, 3.63) is 54.7 Å². The summed E-state index contributed by atoms with van der Waals surface area (Å²) in [6, 6.07) is 4.10. The first-order valence-electron chi connectivity index (χ1n) is 11.1. The molecule has 1 heterocycles. The van der Waals surface area contributed by atoms with Gasteiger partial charge in [-0.15, -0.1) is 0 Å². The van der Waals surface area contributed by atoms with E-state index in [1.807, 2.05) is 6.92 Å². The fourth-order valence-electron chi connectivity index (χ4n) is 4.12. The van der Waals surface area contributed by atoms with E-state index < -0.39 is 28.7 Å². The van der Waals surface area contributed by atoms with Crippen LogP contribution in [0.3, 0.4) is 0 Å². The van der Waals surface area contributed by atoms with Crippen LogP contribution in [0, 0.1) is 17.0 Å². The summed E-state index contributed by atoms with van der Waals surface area (Å²) in [7, 11) is 0. The first kappa shape index (κ1) is 24.0. The molecule has 1 aliphatic rings. The average Bonchev–Trinajstić information content (AvgIpc) is 3.28. The molecule has 0 unspecified atom stereocenters. The first-order chi connectivity index (χ1) is 15.7. The van der Waals surface area contributed by atoms with Crippen LogP contribution in [0.4, 0.5) is 17.2 Å². The van der Waals surface area contributed by atoms with Gasteiger partial charge in [-0.05, 0) is 37.8 Å². The van der Waals surface area contributed by atoms with Crippen LogP contribution < -0.4 is 26.6 Å². The molecule has 11 heteroatoms. The molecule has 3 N–H and O–H groups in total. The molecule has 1 fully saturated rings. The molecule has 1 amide bonds. The van der Waals surface area contributed by atoms with Crippen LogP contribution in [0.25, 0.3) is 0 Å². The Morgan fingerprint density at radius 1 is 1.33 bits per heavy atom. The Morgan fingerprint density at radius 2 is 2.03 bits per heavy atom. The number of unbranched alkanes of at least 4 members (excludes halogenated alkanes) is 1. The average molecular weight is 460 g/mol. The standard InChI is InChI=1S/C22H29N5O6/c1-3-4-11-25-20(23)19(21(29)24-22(25)30)26(15-7-5-6-8-15)18(28)13-33-17-12-14(2)9-10-16(17)27(31)32/h9-10,12,15H,3-8,11,13,23H2,1-2H3,(H,24,29,30). The zero-order chi connectivity index (χ0) is 24.1. The molecular formula is C22H29N5O6. The van der Waals surface area contributed by atoms with Gasteiger partial charge in [-0.25, -0.2) is 4.79 Å². The van der Waals surface area contributed by atoms with Crippen LogP contribution in [-0.4, -0.2) is 33.0 Å². The maximum Gasteiger partial charge on any atom is 0.330 e. The molecule has 1 aliphatic carbocycles. The highest BCUT2D eigenvalue weighted by Crippen LogP contribution is 2.31. The second-order valence-electron chi connectivity index (χ2n) is 8.22. The number of nitrogens with one attached hydrogen (secondary N) is 1. The van der Waals surface area contributed by atoms with Gasteiger partial charge < -0.3 is 10.5 Å². The maximum atomic E-state index is 13.3. The van der Waals surface area contributed by atoms with Crippen molar-refractivity contribution >= 4 is 23.1 Å². The molecule has 33 heavy (non-hydrogen) atoms. The van der Waals surface area contributed by atoms with Gasteiger partial charge in [0.2, 0.25) is 0 Å². The third-order valence-corrected chi connectivity index (χ3v) is 5.81. The monoisotopic (exact) mass is 459 g/mol. The molecule has 0 aliphatic heterocycles. The molecule has 178 valence electrons. The number of hydrogen-bond acceptors (Lipinski definition) is 7. The number of aromatic amines is 1. The van der Waals surface area contributed by atoms with Crippen molar-refractivity contribution < 1.29 is 14.5 Å². The predicted octanol–water partition coefficient (Wildman–Crippen LogP) is 2.49. The van der Waals surface area contributed by atoms with Crippen LogP contribution in [0.2, 0.25) is 0 Å². The Balaban J connectivity index is 1.97. The molecule has 0 bridgehead atoms. The van der Waals surface area contributed by atoms with Gasteiger partial charge in [-0.3, -0.25) is 34.2 Å². The third-order valence-electron chi connectivity index (χ3n) is 5.81. The Kier molecular flexibility index (Phi) is 7.52. The van der Waals surface area contributed by atoms with E-state index in [2.05, 4.69) is 4.98 Å². The molecule has 11 nitrogen and oxygen atoms in total. The molecule has 0 atom stereocenters. The lowest BCUT2D eigenvalue weighted by molar-refractivity contribution is -0.385. The van der Waals surface area contributed by atoms with E-state index in [0.29, 0.717) is 25.8 Å². The highest BCUT2D eigenvalue weighted by Gasteiger charge is 2.33. The number of anilines is 2. The predicted molar refractivity (Wildman–Crippen MR) is 124 cm³/mol. The quantitative estimate of drug-likeness (QED) is 0.431. The van der Waals surface area contributed by atoms with Crippen molar-refractivity contribution in [2.75, 3.05) is 17.2 Å². The Labute approximate surface area is 190 Å². The molecular weight excluding hydrogens is 430 g/mol. The van der Waals surface area contributed by atoms with Crippen LogP contribution in [0.15, 0.2) is 27.8 Å². The highest BCUT2D eigenvalue weighted by atomic mass is 16.6. The SMILES string of the molecule is CCCCn1c(N)c(N(C(=O)COc2cc(C)ccc2[N+](=O)[O-])C2CCCC2)c(=O)[nH]c1=O. The van der Waals surface area contributed by atoms with Crippen LogP contribution in [0.1, 0.15) is 51.0 Å². The van der Waals surface area contributed by atoms with E-state index in [1.165, 1.54) is 21.6 Å².